The van der Waals surface area contributed by atoms with Gasteiger partial charge in [-0.15, -0.1) is 23.3 Å². The molecule has 2 aromatic carbocycles. The number of methoxy groups -OCH3 is 2. The summed E-state index contributed by atoms with van der Waals surface area (Å²) in [6, 6.07) is 17.7. The van der Waals surface area contributed by atoms with Gasteiger partial charge in [-0.05, 0) is 46.7 Å². The number of unbranched alkanes of at least 4 members (excludes halogenated alkanes) is 1. The third-order valence-electron chi connectivity index (χ3n) is 5.41. The molecule has 2 rings (SSSR count). The first kappa shape index (κ1) is 39.4. The third kappa shape index (κ3) is 17.3. The Morgan fingerprint density at radius 3 is 2.02 bits per heavy atom. The standard InChI is InChI=1S/C29H43N3O6.2Y/c1-29(2,3)38-28(33)31-17-11-10-14-25(32-19-24-13-7-9-16-27(24)37-22-35-5)20-30-18-23-12-6-8-15-26(23)36-21-34-4;;/h8-9,12-13,15-16,25,30,32H,10-11,14,17-22H2,1-5H3,(H,31,33);;/q-2;;. The summed E-state index contributed by atoms with van der Waals surface area (Å²) in [5.74, 6) is 1.54. The van der Waals surface area contributed by atoms with Gasteiger partial charge >= 0.3 is 6.09 Å². The van der Waals surface area contributed by atoms with E-state index in [1.807, 2.05) is 57.2 Å². The maximum atomic E-state index is 11.9. The van der Waals surface area contributed by atoms with Crippen molar-refractivity contribution >= 4 is 6.09 Å². The van der Waals surface area contributed by atoms with Crippen LogP contribution in [0.3, 0.4) is 0 Å². The van der Waals surface area contributed by atoms with Crippen LogP contribution in [0.5, 0.6) is 11.5 Å². The molecule has 0 aromatic heterocycles. The predicted molar refractivity (Wildman–Crippen MR) is 146 cm³/mol. The molecule has 2 aromatic rings. The van der Waals surface area contributed by atoms with Crippen molar-refractivity contribution in [3.05, 3.63) is 59.7 Å². The molecular formula is C29H43N3O6Y2-2. The number of ether oxygens (including phenoxy) is 5. The van der Waals surface area contributed by atoms with E-state index in [2.05, 4.69) is 28.1 Å². The molecule has 0 bridgehead atoms. The van der Waals surface area contributed by atoms with E-state index < -0.39 is 5.60 Å². The summed E-state index contributed by atoms with van der Waals surface area (Å²) >= 11 is 0. The molecule has 0 aliphatic rings. The van der Waals surface area contributed by atoms with E-state index >= 15 is 0 Å². The molecule has 0 heterocycles. The fraction of sp³-hybridized carbons (Fsp3) is 0.552. The first-order valence-electron chi connectivity index (χ1n) is 12.9. The Bertz CT molecular complexity index is 946. The predicted octanol–water partition coefficient (Wildman–Crippen LogP) is 4.19. The summed E-state index contributed by atoms with van der Waals surface area (Å²) in [6.07, 6.45) is 2.32. The van der Waals surface area contributed by atoms with Crippen LogP contribution < -0.4 is 25.4 Å². The van der Waals surface area contributed by atoms with Crippen molar-refractivity contribution in [2.24, 2.45) is 0 Å². The molecule has 0 saturated carbocycles. The van der Waals surface area contributed by atoms with Crippen LogP contribution in [0.15, 0.2) is 36.4 Å². The number of carbonyl (C=O) groups excluding carboxylic acids is 1. The second kappa shape index (κ2) is 22.9. The molecule has 1 unspecified atom stereocenters. The molecular weight excluding hydrogens is 664 g/mol. The van der Waals surface area contributed by atoms with E-state index in [-0.39, 0.29) is 91.1 Å². The van der Waals surface area contributed by atoms with Gasteiger partial charge in [0.15, 0.2) is 13.6 Å². The number of hydrogen-bond acceptors (Lipinski definition) is 8. The molecule has 0 fully saturated rings. The maximum absolute atomic E-state index is 11.9. The quantitative estimate of drug-likeness (QED) is 0.121. The second-order valence-corrected chi connectivity index (χ2v) is 9.80. The molecule has 0 spiro atoms. The summed E-state index contributed by atoms with van der Waals surface area (Å²) in [5.41, 5.74) is 1.52. The van der Waals surface area contributed by atoms with Gasteiger partial charge in [-0.3, -0.25) is 0 Å². The van der Waals surface area contributed by atoms with E-state index in [0.29, 0.717) is 19.6 Å². The molecule has 1 atom stereocenters. The van der Waals surface area contributed by atoms with Gasteiger partial charge in [0, 0.05) is 110 Å². The Hall–Kier alpha value is -0.642. The zero-order valence-electron chi connectivity index (χ0n) is 24.5. The van der Waals surface area contributed by atoms with Gasteiger partial charge in [-0.2, -0.15) is 36.4 Å². The van der Waals surface area contributed by atoms with Crippen LogP contribution in [0.2, 0.25) is 0 Å². The van der Waals surface area contributed by atoms with E-state index in [9.17, 15) is 4.79 Å². The van der Waals surface area contributed by atoms with Gasteiger partial charge in [0.25, 0.3) is 0 Å². The number of benzene rings is 2. The second-order valence-electron chi connectivity index (χ2n) is 9.80. The van der Waals surface area contributed by atoms with Gasteiger partial charge in [-0.1, -0.05) is 6.42 Å². The fourth-order valence-electron chi connectivity index (χ4n) is 3.64. The van der Waals surface area contributed by atoms with Gasteiger partial charge in [0.1, 0.15) is 5.60 Å². The first-order valence-corrected chi connectivity index (χ1v) is 12.9. The topological polar surface area (TPSA) is 99.3 Å². The van der Waals surface area contributed by atoms with Gasteiger partial charge in [0.2, 0.25) is 0 Å². The number of nitrogens with one attached hydrogen (secondary N) is 3. The van der Waals surface area contributed by atoms with E-state index in [0.717, 1.165) is 48.4 Å². The summed E-state index contributed by atoms with van der Waals surface area (Å²) in [6.45, 7) is 8.51. The van der Waals surface area contributed by atoms with Crippen LogP contribution >= 0.6 is 0 Å². The van der Waals surface area contributed by atoms with Gasteiger partial charge in [-0.25, -0.2) is 4.79 Å². The van der Waals surface area contributed by atoms with Gasteiger partial charge in [0.05, 0.1) is 0 Å². The number of rotatable bonds is 18. The van der Waals surface area contributed by atoms with Crippen molar-refractivity contribution < 1.29 is 93.9 Å². The van der Waals surface area contributed by atoms with Crippen LogP contribution in [0, 0.1) is 12.1 Å². The van der Waals surface area contributed by atoms with E-state index in [1.165, 1.54) is 0 Å². The number of hydrogen-bond donors (Lipinski definition) is 3. The summed E-state index contributed by atoms with van der Waals surface area (Å²) < 4.78 is 26.8. The number of amides is 1. The Morgan fingerprint density at radius 2 is 1.48 bits per heavy atom. The van der Waals surface area contributed by atoms with Crippen LogP contribution in [-0.2, 0) is 92.7 Å². The summed E-state index contributed by atoms with van der Waals surface area (Å²) in [4.78, 5) is 11.9. The summed E-state index contributed by atoms with van der Waals surface area (Å²) in [7, 11) is 3.20. The Morgan fingerprint density at radius 1 is 0.900 bits per heavy atom. The SMILES string of the molecule is COCOc1cc[c-]cc1CNCC(CCCCNC(=O)OC(C)(C)C)NCc1c[c-]ccc1OCOC.[Y].[Y]. The molecule has 2 radical (unpaired) electrons. The smallest absolute Gasteiger partial charge is 0.407 e. The van der Waals surface area contributed by atoms with E-state index in [4.69, 9.17) is 23.7 Å². The summed E-state index contributed by atoms with van der Waals surface area (Å²) in [5, 5.41) is 10.0. The zero-order valence-corrected chi connectivity index (χ0v) is 30.2. The number of alkyl carbamates (subject to hydrolysis) is 1. The minimum absolute atomic E-state index is 0. The molecule has 1 amide bonds. The maximum Gasteiger partial charge on any atom is 0.407 e. The van der Waals surface area contributed by atoms with Crippen molar-refractivity contribution in [3.8, 4) is 11.5 Å². The zero-order chi connectivity index (χ0) is 27.6. The molecule has 3 N–H and O–H groups in total. The van der Waals surface area contributed by atoms with Crippen LogP contribution in [0.4, 0.5) is 4.79 Å². The van der Waals surface area contributed by atoms with Crippen LogP contribution in [-0.4, -0.2) is 58.6 Å². The average Bonchev–Trinajstić information content (AvgIpc) is 2.88. The van der Waals surface area contributed by atoms with Crippen molar-refractivity contribution in [3.63, 3.8) is 0 Å². The molecule has 0 aliphatic heterocycles. The Labute approximate surface area is 290 Å². The minimum Gasteiger partial charge on any atom is -0.493 e. The van der Waals surface area contributed by atoms with Crippen molar-refractivity contribution in [1.82, 2.24) is 16.0 Å². The van der Waals surface area contributed by atoms with Gasteiger partial charge < -0.3 is 39.6 Å². The van der Waals surface area contributed by atoms with Crippen molar-refractivity contribution in [2.45, 2.75) is 64.8 Å². The molecule has 0 aliphatic carbocycles. The molecule has 0 saturated heterocycles. The molecule has 11 heteroatoms. The number of carbonyl (C=O) groups is 1. The monoisotopic (exact) mass is 707 g/mol. The van der Waals surface area contributed by atoms with E-state index in [1.54, 1.807) is 14.2 Å². The Balaban J connectivity index is 0.00000760. The first-order chi connectivity index (χ1) is 18.3. The normalized spacial score (nSPS) is 11.5. The average molecular weight is 707 g/mol. The molecule has 218 valence electrons. The fourth-order valence-corrected chi connectivity index (χ4v) is 3.64. The molecule has 40 heavy (non-hydrogen) atoms. The van der Waals surface area contributed by atoms with Crippen LogP contribution in [0.25, 0.3) is 0 Å². The third-order valence-corrected chi connectivity index (χ3v) is 5.41. The van der Waals surface area contributed by atoms with Crippen LogP contribution in [0.1, 0.15) is 51.2 Å². The largest absolute Gasteiger partial charge is 0.493 e. The molecule has 9 nitrogen and oxygen atoms in total. The van der Waals surface area contributed by atoms with Crippen molar-refractivity contribution in [2.75, 3.05) is 40.9 Å². The van der Waals surface area contributed by atoms with Crippen molar-refractivity contribution in [1.29, 1.82) is 0 Å². The Kier molecular flexibility index (Phi) is 22.5. The minimum atomic E-state index is -0.504.